The molecule has 1 aliphatic rings. The van der Waals surface area contributed by atoms with Crippen molar-refractivity contribution in [3.05, 3.63) is 126 Å². The molecule has 12 heteroatoms. The van der Waals surface area contributed by atoms with Gasteiger partial charge in [-0.25, -0.2) is 8.42 Å². The van der Waals surface area contributed by atoms with Crippen molar-refractivity contribution in [1.29, 1.82) is 0 Å². The molecule has 0 radical (unpaired) electrons. The van der Waals surface area contributed by atoms with E-state index in [0.717, 1.165) is 22.4 Å². The molecule has 226 valence electrons. The zero-order valence-corrected chi connectivity index (χ0v) is 25.4. The third-order valence-electron chi connectivity index (χ3n) is 7.43. The molecule has 0 aliphatic carbocycles. The Bertz CT molecular complexity index is 1770. The fourth-order valence-corrected chi connectivity index (χ4v) is 7.12. The molecule has 1 fully saturated rings. The van der Waals surface area contributed by atoms with Crippen LogP contribution in [-0.2, 0) is 26.1 Å². The maximum Gasteiger partial charge on any atom is 0.261 e. The summed E-state index contributed by atoms with van der Waals surface area (Å²) in [6.45, 7) is 2.05. The Morgan fingerprint density at radius 2 is 1.52 bits per heavy atom. The number of aliphatic hydroxyl groups excluding tert-OH is 1. The molecular formula is C32H31N5O5S2. The van der Waals surface area contributed by atoms with Gasteiger partial charge in [0.05, 0.1) is 29.4 Å². The Labute approximate surface area is 260 Å². The Balaban J connectivity index is 1.23. The summed E-state index contributed by atoms with van der Waals surface area (Å²) in [4.78, 5) is 0.186. The molecule has 10 nitrogen and oxygen atoms in total. The standard InChI is InChI=1S/C32H31N5O5S2/c1-22-29(21-43-32-33-35-36-37(32)27-8-4-2-5-9-27)41-31(42-30(22)24-14-12-23(20-38)13-15-24)25-16-18-26(19-17-25)34-44(39,40)28-10-6-3-7-11-28/h2-19,22,29-31,34,38H,20-21H2,1H3/t22-,29+,30+,31+/m1/s1. The van der Waals surface area contributed by atoms with E-state index in [1.165, 1.54) is 11.8 Å². The number of ether oxygens (including phenoxy) is 2. The minimum absolute atomic E-state index is 0.0308. The largest absolute Gasteiger partial charge is 0.392 e. The number of thioether (sulfide) groups is 1. The predicted octanol–water partition coefficient (Wildman–Crippen LogP) is 5.54. The maximum atomic E-state index is 12.8. The number of benzene rings is 4. The number of nitrogens with one attached hydrogen (secondary N) is 1. The summed E-state index contributed by atoms with van der Waals surface area (Å²) in [5.74, 6) is 0.533. The van der Waals surface area contributed by atoms with E-state index in [1.807, 2.05) is 54.6 Å². The van der Waals surface area contributed by atoms with Gasteiger partial charge in [0, 0.05) is 22.9 Å². The Kier molecular flexibility index (Phi) is 9.05. The van der Waals surface area contributed by atoms with E-state index in [1.54, 1.807) is 59.3 Å². The van der Waals surface area contributed by atoms with E-state index < -0.39 is 16.3 Å². The molecule has 44 heavy (non-hydrogen) atoms. The fraction of sp³-hybridized carbons (Fsp3) is 0.219. The first-order valence-corrected chi connectivity index (χ1v) is 16.5. The van der Waals surface area contributed by atoms with Crippen molar-refractivity contribution in [2.45, 2.75) is 42.1 Å². The number of para-hydroxylation sites is 1. The van der Waals surface area contributed by atoms with Gasteiger partial charge in [-0.15, -0.1) is 5.10 Å². The van der Waals surface area contributed by atoms with E-state index in [4.69, 9.17) is 9.47 Å². The number of anilines is 1. The average molecular weight is 630 g/mol. The minimum atomic E-state index is -3.72. The Morgan fingerprint density at radius 3 is 2.20 bits per heavy atom. The normalized spacial score (nSPS) is 20.3. The van der Waals surface area contributed by atoms with Crippen LogP contribution in [-0.4, -0.2) is 45.6 Å². The van der Waals surface area contributed by atoms with Crippen molar-refractivity contribution >= 4 is 27.5 Å². The van der Waals surface area contributed by atoms with E-state index >= 15 is 0 Å². The van der Waals surface area contributed by atoms with Gasteiger partial charge in [-0.1, -0.05) is 91.5 Å². The molecule has 4 aromatic carbocycles. The number of tetrazole rings is 1. The van der Waals surface area contributed by atoms with Gasteiger partial charge in [-0.2, -0.15) is 4.68 Å². The highest BCUT2D eigenvalue weighted by Gasteiger charge is 2.38. The second kappa shape index (κ2) is 13.3. The van der Waals surface area contributed by atoms with Crippen LogP contribution >= 0.6 is 11.8 Å². The molecule has 0 bridgehead atoms. The van der Waals surface area contributed by atoms with Crippen LogP contribution in [0.1, 0.15) is 36.0 Å². The van der Waals surface area contributed by atoms with Gasteiger partial charge in [-0.3, -0.25) is 4.72 Å². The molecule has 1 aromatic heterocycles. The zero-order valence-electron chi connectivity index (χ0n) is 23.8. The first kappa shape index (κ1) is 30.0. The Morgan fingerprint density at radius 1 is 0.864 bits per heavy atom. The lowest BCUT2D eigenvalue weighted by Crippen LogP contribution is -2.38. The van der Waals surface area contributed by atoms with Gasteiger partial charge in [0.2, 0.25) is 5.16 Å². The summed E-state index contributed by atoms with van der Waals surface area (Å²) < 4.78 is 43.0. The van der Waals surface area contributed by atoms with E-state index in [2.05, 4.69) is 27.2 Å². The monoisotopic (exact) mass is 629 g/mol. The lowest BCUT2D eigenvalue weighted by molar-refractivity contribution is -0.268. The number of aromatic nitrogens is 4. The van der Waals surface area contributed by atoms with Gasteiger partial charge < -0.3 is 14.6 Å². The van der Waals surface area contributed by atoms with E-state index in [9.17, 15) is 13.5 Å². The summed E-state index contributed by atoms with van der Waals surface area (Å²) in [6, 6.07) is 32.6. The second-order valence-electron chi connectivity index (χ2n) is 10.4. The van der Waals surface area contributed by atoms with E-state index in [-0.39, 0.29) is 29.6 Å². The Hall–Kier alpha value is -4.07. The molecule has 0 saturated carbocycles. The lowest BCUT2D eigenvalue weighted by Gasteiger charge is -2.41. The molecule has 2 heterocycles. The number of rotatable bonds is 10. The molecule has 2 N–H and O–H groups in total. The molecule has 1 aliphatic heterocycles. The quantitative estimate of drug-likeness (QED) is 0.191. The van der Waals surface area contributed by atoms with Crippen molar-refractivity contribution in [3.63, 3.8) is 0 Å². The smallest absolute Gasteiger partial charge is 0.261 e. The number of hydrogen-bond donors (Lipinski definition) is 2. The molecule has 0 amide bonds. The van der Waals surface area contributed by atoms with Crippen LogP contribution in [0.15, 0.2) is 119 Å². The van der Waals surface area contributed by atoms with Crippen LogP contribution < -0.4 is 4.72 Å². The summed E-state index contributed by atoms with van der Waals surface area (Å²) in [6.07, 6.45) is -1.24. The number of nitrogens with zero attached hydrogens (tertiary/aromatic N) is 4. The van der Waals surface area contributed by atoms with Crippen molar-refractivity contribution in [1.82, 2.24) is 20.2 Å². The molecule has 5 aromatic rings. The van der Waals surface area contributed by atoms with Gasteiger partial charge in [0.25, 0.3) is 10.0 Å². The van der Waals surface area contributed by atoms with Crippen LogP contribution in [0.2, 0.25) is 0 Å². The van der Waals surface area contributed by atoms with Crippen molar-refractivity contribution in [2.75, 3.05) is 10.5 Å². The van der Waals surface area contributed by atoms with Crippen LogP contribution in [0.5, 0.6) is 0 Å². The highest BCUT2D eigenvalue weighted by molar-refractivity contribution is 7.99. The lowest BCUT2D eigenvalue weighted by atomic mass is 9.91. The van der Waals surface area contributed by atoms with Crippen molar-refractivity contribution in [3.8, 4) is 5.69 Å². The van der Waals surface area contributed by atoms with Gasteiger partial charge in [-0.05, 0) is 58.0 Å². The van der Waals surface area contributed by atoms with Gasteiger partial charge in [0.15, 0.2) is 6.29 Å². The molecular weight excluding hydrogens is 599 g/mol. The third-order valence-corrected chi connectivity index (χ3v) is 9.84. The number of sulfonamides is 1. The third kappa shape index (κ3) is 6.69. The van der Waals surface area contributed by atoms with E-state index in [0.29, 0.717) is 16.6 Å². The second-order valence-corrected chi connectivity index (χ2v) is 13.1. The first-order valence-electron chi connectivity index (χ1n) is 14.1. The maximum absolute atomic E-state index is 12.8. The fourth-order valence-electron chi connectivity index (χ4n) is 4.99. The van der Waals surface area contributed by atoms with Crippen molar-refractivity contribution in [2.24, 2.45) is 5.92 Å². The van der Waals surface area contributed by atoms with Gasteiger partial charge in [0.1, 0.15) is 0 Å². The molecule has 6 rings (SSSR count). The number of aliphatic hydroxyl groups is 1. The van der Waals surface area contributed by atoms with Crippen LogP contribution in [0.4, 0.5) is 5.69 Å². The highest BCUT2D eigenvalue weighted by atomic mass is 32.2. The molecule has 0 spiro atoms. The average Bonchev–Trinajstić information content (AvgIpc) is 3.54. The van der Waals surface area contributed by atoms with Crippen LogP contribution in [0.25, 0.3) is 5.69 Å². The molecule has 1 saturated heterocycles. The van der Waals surface area contributed by atoms with Crippen LogP contribution in [0.3, 0.4) is 0 Å². The number of hydrogen-bond acceptors (Lipinski definition) is 9. The summed E-state index contributed by atoms with van der Waals surface area (Å²) in [7, 11) is -3.72. The van der Waals surface area contributed by atoms with Crippen molar-refractivity contribution < 1.29 is 23.0 Å². The van der Waals surface area contributed by atoms with Crippen LogP contribution in [0, 0.1) is 5.92 Å². The molecule has 4 atom stereocenters. The van der Waals surface area contributed by atoms with Gasteiger partial charge >= 0.3 is 0 Å². The SMILES string of the molecule is C[C@@H]1[C@H](CSc2nnnn2-c2ccccc2)O[C@H](c2ccc(NS(=O)(=O)c3ccccc3)cc2)O[C@@H]1c1ccc(CO)cc1. The predicted molar refractivity (Wildman–Crippen MR) is 167 cm³/mol. The minimum Gasteiger partial charge on any atom is -0.392 e. The zero-order chi connectivity index (χ0) is 30.5. The summed E-state index contributed by atoms with van der Waals surface area (Å²) in [5, 5.41) is 22.5. The first-order chi connectivity index (χ1) is 21.4. The summed E-state index contributed by atoms with van der Waals surface area (Å²) >= 11 is 1.50. The highest BCUT2D eigenvalue weighted by Crippen LogP contribution is 2.43. The topological polar surface area (TPSA) is 128 Å². The summed E-state index contributed by atoms with van der Waals surface area (Å²) in [5.41, 5.74) is 3.83. The molecule has 0 unspecified atom stereocenters.